The molecule has 1 fully saturated rings. The molecule has 1 aliphatic heterocycles. The van der Waals surface area contributed by atoms with E-state index in [9.17, 15) is 14.3 Å². The third kappa shape index (κ3) is 4.13. The molecule has 0 saturated carbocycles. The van der Waals surface area contributed by atoms with Crippen LogP contribution >= 0.6 is 0 Å². The lowest BCUT2D eigenvalue weighted by molar-refractivity contribution is 0.444. The van der Waals surface area contributed by atoms with Gasteiger partial charge in [-0.1, -0.05) is 0 Å². The van der Waals surface area contributed by atoms with Crippen LogP contribution in [0.2, 0.25) is 0 Å². The summed E-state index contributed by atoms with van der Waals surface area (Å²) in [6.07, 6.45) is 5.39. The third-order valence-electron chi connectivity index (χ3n) is 4.71. The predicted molar refractivity (Wildman–Crippen MR) is 92.9 cm³/mol. The van der Waals surface area contributed by atoms with Crippen molar-refractivity contribution in [1.82, 2.24) is 9.97 Å². The fourth-order valence-electron chi connectivity index (χ4n) is 3.33. The van der Waals surface area contributed by atoms with Gasteiger partial charge in [-0.05, 0) is 56.4 Å². The van der Waals surface area contributed by atoms with Crippen LogP contribution in [-0.2, 0) is 11.2 Å². The topological polar surface area (TPSA) is 66.3 Å². The zero-order chi connectivity index (χ0) is 17.8. The molecule has 0 amide bonds. The van der Waals surface area contributed by atoms with Crippen molar-refractivity contribution in [2.75, 3.05) is 18.0 Å². The van der Waals surface area contributed by atoms with Gasteiger partial charge in [0.1, 0.15) is 11.6 Å². The van der Waals surface area contributed by atoms with Gasteiger partial charge in [0.05, 0.1) is 5.69 Å². The zero-order valence-corrected chi connectivity index (χ0v) is 14.2. The summed E-state index contributed by atoms with van der Waals surface area (Å²) >= 11 is 0. The Morgan fingerprint density at radius 1 is 1.24 bits per heavy atom. The molecule has 2 aromatic rings. The molecule has 2 heterocycles. The quantitative estimate of drug-likeness (QED) is 0.925. The Morgan fingerprint density at radius 2 is 2.00 bits per heavy atom. The molecule has 5 nitrogen and oxygen atoms in total. The normalized spacial score (nSPS) is 18.0. The van der Waals surface area contributed by atoms with Crippen molar-refractivity contribution >= 4 is 12.0 Å². The first-order valence-electron chi connectivity index (χ1n) is 8.52. The van der Waals surface area contributed by atoms with Gasteiger partial charge in [0.25, 0.3) is 6.29 Å². The van der Waals surface area contributed by atoms with E-state index in [0.717, 1.165) is 38.0 Å². The number of nitrogens with zero attached hydrogens (tertiary/aromatic N) is 3. The summed E-state index contributed by atoms with van der Waals surface area (Å²) in [6, 6.07) is 6.60. The first-order chi connectivity index (χ1) is 12.1. The Balaban J connectivity index is 1.66. The summed E-state index contributed by atoms with van der Waals surface area (Å²) in [4.78, 5) is 21.6. The first kappa shape index (κ1) is 17.3. The Bertz CT molecular complexity index is 749. The van der Waals surface area contributed by atoms with Gasteiger partial charge in [-0.15, -0.1) is 0 Å². The molecule has 0 aliphatic carbocycles. The minimum Gasteiger partial charge on any atom is -0.504 e. The molecule has 1 aliphatic rings. The minimum absolute atomic E-state index is 0.0657. The average molecular weight is 342 g/mol. The van der Waals surface area contributed by atoms with Gasteiger partial charge in [0.15, 0.2) is 11.4 Å². The number of rotatable bonds is 4. The van der Waals surface area contributed by atoms with Gasteiger partial charge in [0.2, 0.25) is 0 Å². The largest absolute Gasteiger partial charge is 0.504 e. The van der Waals surface area contributed by atoms with Crippen molar-refractivity contribution in [3.8, 4) is 5.75 Å². The molecule has 1 aromatic heterocycles. The van der Waals surface area contributed by atoms with Crippen molar-refractivity contribution in [3.63, 3.8) is 0 Å². The Kier molecular flexibility index (Phi) is 5.26. The number of hydrogen-bond acceptors (Lipinski definition) is 5. The smallest absolute Gasteiger partial charge is 0.257 e. The zero-order valence-electron chi connectivity index (χ0n) is 14.2. The second-order valence-electron chi connectivity index (χ2n) is 6.49. The van der Waals surface area contributed by atoms with Crippen LogP contribution in [0, 0.1) is 18.7 Å². The minimum atomic E-state index is -0.223. The molecule has 3 rings (SSSR count). The molecule has 6 heteroatoms. The molecule has 1 unspecified atom stereocenters. The van der Waals surface area contributed by atoms with Crippen LogP contribution < -0.4 is 4.90 Å². The molecule has 131 valence electrons. The van der Waals surface area contributed by atoms with Gasteiger partial charge >= 0.3 is 0 Å². The Hall–Kier alpha value is -2.50. The molecule has 25 heavy (non-hydrogen) atoms. The number of carbonyl (C=O) groups excluding carboxylic acids is 1. The number of anilines is 1. The maximum absolute atomic E-state index is 13.1. The van der Waals surface area contributed by atoms with Gasteiger partial charge in [0, 0.05) is 25.2 Å². The number of halogens is 1. The molecule has 0 bridgehead atoms. The third-order valence-corrected chi connectivity index (χ3v) is 4.71. The molecule has 1 atom stereocenters. The highest BCUT2D eigenvalue weighted by Crippen LogP contribution is 2.26. The lowest BCUT2D eigenvalue weighted by Crippen LogP contribution is -2.24. The standard InChI is InChI=1S/C19H21FN3O2/c1-13-19(25)17(12-24)22-18(21-13)11-14-3-2-9-23(10-8-14)16-6-4-15(20)5-7-16/h4-7,14,25H,2-3,8-11H2,1H3. The number of aryl methyl sites for hydroxylation is 1. The van der Waals surface area contributed by atoms with Crippen molar-refractivity contribution in [1.29, 1.82) is 0 Å². The Morgan fingerprint density at radius 3 is 2.72 bits per heavy atom. The van der Waals surface area contributed by atoms with Gasteiger partial charge in [-0.3, -0.25) is 4.79 Å². The number of aromatic hydroxyl groups is 1. The van der Waals surface area contributed by atoms with Gasteiger partial charge in [-0.25, -0.2) is 14.4 Å². The summed E-state index contributed by atoms with van der Waals surface area (Å²) < 4.78 is 13.1. The maximum Gasteiger partial charge on any atom is 0.257 e. The summed E-state index contributed by atoms with van der Waals surface area (Å²) in [5, 5.41) is 9.73. The molecule has 1 saturated heterocycles. The van der Waals surface area contributed by atoms with Crippen LogP contribution in [0.15, 0.2) is 24.3 Å². The van der Waals surface area contributed by atoms with E-state index in [4.69, 9.17) is 0 Å². The summed E-state index contributed by atoms with van der Waals surface area (Å²) in [7, 11) is 0. The van der Waals surface area contributed by atoms with Crippen LogP contribution in [0.5, 0.6) is 5.75 Å². The van der Waals surface area contributed by atoms with E-state index in [2.05, 4.69) is 14.9 Å². The molecule has 1 aromatic carbocycles. The van der Waals surface area contributed by atoms with Gasteiger partial charge < -0.3 is 10.0 Å². The highest BCUT2D eigenvalue weighted by Gasteiger charge is 2.20. The van der Waals surface area contributed by atoms with Crippen LogP contribution in [0.25, 0.3) is 0 Å². The van der Waals surface area contributed by atoms with E-state index in [1.807, 2.05) is 12.1 Å². The fraction of sp³-hybridized carbons (Fsp3) is 0.421. The van der Waals surface area contributed by atoms with Crippen LogP contribution in [0.3, 0.4) is 0 Å². The van der Waals surface area contributed by atoms with E-state index in [0.29, 0.717) is 23.9 Å². The average Bonchev–Trinajstić information content (AvgIpc) is 2.84. The monoisotopic (exact) mass is 342 g/mol. The van der Waals surface area contributed by atoms with E-state index in [1.54, 1.807) is 13.2 Å². The van der Waals surface area contributed by atoms with Crippen molar-refractivity contribution in [3.05, 3.63) is 47.3 Å². The molecule has 1 radical (unpaired) electrons. The lowest BCUT2D eigenvalue weighted by atomic mass is 9.96. The van der Waals surface area contributed by atoms with E-state index < -0.39 is 0 Å². The number of aromatic nitrogens is 2. The fourth-order valence-corrected chi connectivity index (χ4v) is 3.33. The van der Waals surface area contributed by atoms with Gasteiger partial charge in [-0.2, -0.15) is 0 Å². The van der Waals surface area contributed by atoms with Crippen LogP contribution in [0.4, 0.5) is 10.1 Å². The SMILES string of the molecule is Cc1nc(CC2CCCN(c3ccc(F)cc3)CC2)nc([C]=O)c1O. The number of benzene rings is 1. The van der Waals surface area contributed by atoms with E-state index >= 15 is 0 Å². The highest BCUT2D eigenvalue weighted by atomic mass is 19.1. The molecule has 1 N–H and O–H groups in total. The highest BCUT2D eigenvalue weighted by molar-refractivity contribution is 5.76. The van der Waals surface area contributed by atoms with Crippen LogP contribution in [-0.4, -0.2) is 34.5 Å². The van der Waals surface area contributed by atoms with Crippen LogP contribution in [0.1, 0.15) is 36.5 Å². The van der Waals surface area contributed by atoms with Crippen molar-refractivity contribution in [2.24, 2.45) is 5.92 Å². The molecular weight excluding hydrogens is 321 g/mol. The van der Waals surface area contributed by atoms with Crippen molar-refractivity contribution < 1.29 is 14.3 Å². The summed E-state index contributed by atoms with van der Waals surface area (Å²) in [5.41, 5.74) is 1.38. The Labute approximate surface area is 146 Å². The summed E-state index contributed by atoms with van der Waals surface area (Å²) in [5.74, 6) is 0.573. The molecular formula is C19H21FN3O2. The van der Waals surface area contributed by atoms with E-state index in [-0.39, 0.29) is 17.3 Å². The maximum atomic E-state index is 13.1. The second kappa shape index (κ2) is 7.59. The second-order valence-corrected chi connectivity index (χ2v) is 6.49. The van der Waals surface area contributed by atoms with E-state index in [1.165, 1.54) is 12.1 Å². The van der Waals surface area contributed by atoms with Crippen molar-refractivity contribution in [2.45, 2.75) is 32.6 Å². The lowest BCUT2D eigenvalue weighted by Gasteiger charge is -2.22. The number of hydrogen-bond donors (Lipinski definition) is 1. The predicted octanol–water partition coefficient (Wildman–Crippen LogP) is 2.94. The molecule has 0 spiro atoms. The summed E-state index contributed by atoms with van der Waals surface area (Å²) in [6.45, 7) is 3.48. The first-order valence-corrected chi connectivity index (χ1v) is 8.52.